The summed E-state index contributed by atoms with van der Waals surface area (Å²) in [5, 5.41) is 8.98. The third kappa shape index (κ3) is 2.38. The molecule has 0 radical (unpaired) electrons. The molecular formula is C13H9ClN2O. The van der Waals surface area contributed by atoms with E-state index in [0.717, 1.165) is 11.3 Å². The average Bonchev–Trinajstić information content (AvgIpc) is 2.38. The maximum atomic E-state index is 8.77. The van der Waals surface area contributed by atoms with E-state index in [1.807, 2.05) is 30.3 Å². The summed E-state index contributed by atoms with van der Waals surface area (Å²) in [7, 11) is 1.61. The van der Waals surface area contributed by atoms with Gasteiger partial charge in [-0.3, -0.25) is 0 Å². The SMILES string of the molecule is COc1cccc(-c2ccc(C#N)c(Cl)n2)c1. The minimum absolute atomic E-state index is 0.216. The Hall–Kier alpha value is -2.05. The molecule has 0 aliphatic rings. The molecule has 1 aromatic heterocycles. The molecule has 0 atom stereocenters. The van der Waals surface area contributed by atoms with E-state index in [1.165, 1.54) is 0 Å². The molecule has 1 heterocycles. The summed E-state index contributed by atoms with van der Waals surface area (Å²) in [5.41, 5.74) is 1.99. The van der Waals surface area contributed by atoms with Gasteiger partial charge in [0.25, 0.3) is 0 Å². The number of benzene rings is 1. The van der Waals surface area contributed by atoms with E-state index in [9.17, 15) is 0 Å². The Kier molecular flexibility index (Phi) is 3.27. The second-order valence-corrected chi connectivity index (χ2v) is 3.74. The van der Waals surface area contributed by atoms with Crippen LogP contribution in [0.2, 0.25) is 5.15 Å². The first-order valence-electron chi connectivity index (χ1n) is 4.95. The van der Waals surface area contributed by atoms with Crippen LogP contribution in [0.1, 0.15) is 5.56 Å². The largest absolute Gasteiger partial charge is 0.497 e. The van der Waals surface area contributed by atoms with Crippen LogP contribution in [-0.4, -0.2) is 12.1 Å². The van der Waals surface area contributed by atoms with Gasteiger partial charge >= 0.3 is 0 Å². The Morgan fingerprint density at radius 2 is 2.12 bits per heavy atom. The fraction of sp³-hybridized carbons (Fsp3) is 0.0769. The van der Waals surface area contributed by atoms with Crippen molar-refractivity contribution in [3.63, 3.8) is 0 Å². The summed E-state index contributed by atoms with van der Waals surface area (Å²) in [6, 6.07) is 12.9. The topological polar surface area (TPSA) is 45.9 Å². The monoisotopic (exact) mass is 244 g/mol. The summed E-state index contributed by atoms with van der Waals surface area (Å²) >= 11 is 5.89. The molecule has 0 amide bonds. The molecule has 84 valence electrons. The molecule has 3 nitrogen and oxygen atoms in total. The van der Waals surface area contributed by atoms with E-state index in [4.69, 9.17) is 21.6 Å². The molecule has 0 bridgehead atoms. The number of hydrogen-bond donors (Lipinski definition) is 0. The number of methoxy groups -OCH3 is 1. The van der Waals surface area contributed by atoms with Crippen LogP contribution < -0.4 is 4.74 Å². The number of rotatable bonds is 2. The summed E-state index contributed by atoms with van der Waals surface area (Å²) in [5.74, 6) is 0.754. The van der Waals surface area contributed by atoms with Crippen molar-refractivity contribution < 1.29 is 4.74 Å². The van der Waals surface area contributed by atoms with Gasteiger partial charge in [0.15, 0.2) is 0 Å². The highest BCUT2D eigenvalue weighted by Gasteiger charge is 2.05. The zero-order valence-corrected chi connectivity index (χ0v) is 9.90. The number of aromatic nitrogens is 1. The lowest BCUT2D eigenvalue weighted by Gasteiger charge is -2.04. The summed E-state index contributed by atoms with van der Waals surface area (Å²) in [4.78, 5) is 4.18. The van der Waals surface area contributed by atoms with Crippen molar-refractivity contribution in [2.75, 3.05) is 7.11 Å². The molecule has 17 heavy (non-hydrogen) atoms. The number of hydrogen-bond acceptors (Lipinski definition) is 3. The maximum Gasteiger partial charge on any atom is 0.147 e. The molecule has 2 aromatic rings. The minimum Gasteiger partial charge on any atom is -0.497 e. The Balaban J connectivity index is 2.46. The molecule has 0 saturated heterocycles. The molecule has 0 spiro atoms. The van der Waals surface area contributed by atoms with E-state index in [0.29, 0.717) is 11.3 Å². The van der Waals surface area contributed by atoms with Gasteiger partial charge < -0.3 is 4.74 Å². The van der Waals surface area contributed by atoms with Crippen molar-refractivity contribution in [3.8, 4) is 23.1 Å². The lowest BCUT2D eigenvalue weighted by atomic mass is 10.1. The Morgan fingerprint density at radius 3 is 2.76 bits per heavy atom. The van der Waals surface area contributed by atoms with Crippen molar-refractivity contribution in [2.45, 2.75) is 0 Å². The van der Waals surface area contributed by atoms with Crippen LogP contribution in [0.4, 0.5) is 0 Å². The normalized spacial score (nSPS) is 9.71. The molecule has 0 aliphatic carbocycles. The Bertz CT molecular complexity index is 590. The zero-order chi connectivity index (χ0) is 12.3. The van der Waals surface area contributed by atoms with Crippen molar-refractivity contribution in [2.24, 2.45) is 0 Å². The fourth-order valence-corrected chi connectivity index (χ4v) is 1.66. The smallest absolute Gasteiger partial charge is 0.147 e. The quantitative estimate of drug-likeness (QED) is 0.762. The van der Waals surface area contributed by atoms with Crippen molar-refractivity contribution in [1.29, 1.82) is 5.26 Å². The summed E-state index contributed by atoms with van der Waals surface area (Å²) in [6.45, 7) is 0. The van der Waals surface area contributed by atoms with Gasteiger partial charge in [0, 0.05) is 5.56 Å². The third-order valence-corrected chi connectivity index (χ3v) is 2.62. The first-order valence-corrected chi connectivity index (χ1v) is 5.33. The molecule has 4 heteroatoms. The predicted molar refractivity (Wildman–Crippen MR) is 66.0 cm³/mol. The van der Waals surface area contributed by atoms with Crippen LogP contribution >= 0.6 is 11.6 Å². The summed E-state index contributed by atoms with van der Waals surface area (Å²) in [6.07, 6.45) is 0. The van der Waals surface area contributed by atoms with Gasteiger partial charge in [-0.05, 0) is 24.3 Å². The molecule has 1 aromatic carbocycles. The molecular weight excluding hydrogens is 236 g/mol. The van der Waals surface area contributed by atoms with Crippen LogP contribution in [-0.2, 0) is 0 Å². The van der Waals surface area contributed by atoms with Gasteiger partial charge in [-0.2, -0.15) is 5.26 Å². The van der Waals surface area contributed by atoms with Crippen LogP contribution in [0.15, 0.2) is 36.4 Å². The molecule has 0 N–H and O–H groups in total. The predicted octanol–water partition coefficient (Wildman–Crippen LogP) is 3.28. The van der Waals surface area contributed by atoms with E-state index in [-0.39, 0.29) is 5.15 Å². The van der Waals surface area contributed by atoms with Crippen molar-refractivity contribution >= 4 is 11.6 Å². The van der Waals surface area contributed by atoms with E-state index >= 15 is 0 Å². The second-order valence-electron chi connectivity index (χ2n) is 3.38. The highest BCUT2D eigenvalue weighted by molar-refractivity contribution is 6.30. The number of halogens is 1. The average molecular weight is 245 g/mol. The van der Waals surface area contributed by atoms with Crippen molar-refractivity contribution in [3.05, 3.63) is 47.1 Å². The molecule has 0 unspecified atom stereocenters. The second kappa shape index (κ2) is 4.86. The first kappa shape index (κ1) is 11.4. The van der Waals surface area contributed by atoms with Crippen LogP contribution in [0.25, 0.3) is 11.3 Å². The molecule has 2 rings (SSSR count). The standard InChI is InChI=1S/C13H9ClN2O/c1-17-11-4-2-3-9(7-11)12-6-5-10(8-15)13(14)16-12/h2-7H,1H3. The Labute approximate surface area is 104 Å². The van der Waals surface area contributed by atoms with E-state index in [2.05, 4.69) is 4.98 Å². The van der Waals surface area contributed by atoms with Crippen molar-refractivity contribution in [1.82, 2.24) is 4.98 Å². The highest BCUT2D eigenvalue weighted by Crippen LogP contribution is 2.24. The number of nitrogens with zero attached hydrogens (tertiary/aromatic N) is 2. The van der Waals surface area contributed by atoms with Crippen LogP contribution in [0.5, 0.6) is 5.75 Å². The van der Waals surface area contributed by atoms with Crippen LogP contribution in [0, 0.1) is 11.3 Å². The summed E-state index contributed by atoms with van der Waals surface area (Å²) < 4.78 is 5.14. The number of ether oxygens (including phenoxy) is 1. The minimum atomic E-state index is 0.216. The maximum absolute atomic E-state index is 8.77. The van der Waals surface area contributed by atoms with Gasteiger partial charge in [0.05, 0.1) is 18.4 Å². The number of pyridine rings is 1. The van der Waals surface area contributed by atoms with E-state index < -0.39 is 0 Å². The highest BCUT2D eigenvalue weighted by atomic mass is 35.5. The third-order valence-electron chi connectivity index (χ3n) is 2.33. The van der Waals surface area contributed by atoms with Gasteiger partial charge in [0.1, 0.15) is 17.0 Å². The van der Waals surface area contributed by atoms with Gasteiger partial charge in [-0.25, -0.2) is 4.98 Å². The van der Waals surface area contributed by atoms with Gasteiger partial charge in [-0.15, -0.1) is 0 Å². The van der Waals surface area contributed by atoms with E-state index in [1.54, 1.807) is 19.2 Å². The van der Waals surface area contributed by atoms with Gasteiger partial charge in [0.2, 0.25) is 0 Å². The zero-order valence-electron chi connectivity index (χ0n) is 9.14. The molecule has 0 saturated carbocycles. The lowest BCUT2D eigenvalue weighted by Crippen LogP contribution is -1.88. The molecule has 0 fully saturated rings. The Morgan fingerprint density at radius 1 is 1.29 bits per heavy atom. The van der Waals surface area contributed by atoms with Crippen LogP contribution in [0.3, 0.4) is 0 Å². The fourth-order valence-electron chi connectivity index (χ4n) is 1.46. The first-order chi connectivity index (χ1) is 8.24. The number of nitriles is 1. The molecule has 0 aliphatic heterocycles. The lowest BCUT2D eigenvalue weighted by molar-refractivity contribution is 0.415. The van der Waals surface area contributed by atoms with Gasteiger partial charge in [-0.1, -0.05) is 23.7 Å².